The standard InChI is InChI=1S/C16H17F3N2O3/c17-16(18,19)13(22)12-6-3-7-20(12)8-9-21-14(23)10-4-1-2-5-11(10)15(21)24/h1-2,4-5,12-13,22H,3,6-9H2/t12-,13-/m0/s1. The fraction of sp³-hybridized carbons (Fsp3) is 0.500. The van der Waals surface area contributed by atoms with E-state index in [2.05, 4.69) is 0 Å². The first kappa shape index (κ1) is 16.9. The highest BCUT2D eigenvalue weighted by Crippen LogP contribution is 2.30. The average Bonchev–Trinajstić information content (AvgIpc) is 3.09. The van der Waals surface area contributed by atoms with Crippen LogP contribution in [-0.4, -0.2) is 64.7 Å². The minimum atomic E-state index is -4.68. The third-order valence-electron chi connectivity index (χ3n) is 4.60. The second-order valence-corrected chi connectivity index (χ2v) is 6.04. The highest BCUT2D eigenvalue weighted by molar-refractivity contribution is 6.21. The van der Waals surface area contributed by atoms with Crippen LogP contribution in [0.15, 0.2) is 24.3 Å². The lowest BCUT2D eigenvalue weighted by Crippen LogP contribution is -2.49. The number of rotatable bonds is 4. The van der Waals surface area contributed by atoms with E-state index in [-0.39, 0.29) is 19.5 Å². The van der Waals surface area contributed by atoms with Gasteiger partial charge in [-0.3, -0.25) is 19.4 Å². The Kier molecular flexibility index (Phi) is 4.35. The highest BCUT2D eigenvalue weighted by atomic mass is 19.4. The third kappa shape index (κ3) is 2.91. The predicted octanol–water partition coefficient (Wildman–Crippen LogP) is 1.67. The van der Waals surface area contributed by atoms with E-state index in [4.69, 9.17) is 0 Å². The van der Waals surface area contributed by atoms with E-state index in [0.717, 1.165) is 4.90 Å². The van der Waals surface area contributed by atoms with E-state index >= 15 is 0 Å². The number of aliphatic hydroxyl groups is 1. The number of aliphatic hydroxyl groups excluding tert-OH is 1. The number of imide groups is 1. The van der Waals surface area contributed by atoms with Crippen LogP contribution in [0.25, 0.3) is 0 Å². The number of hydrogen-bond donors (Lipinski definition) is 1. The van der Waals surface area contributed by atoms with Crippen LogP contribution >= 0.6 is 0 Å². The molecule has 2 aliphatic heterocycles. The summed E-state index contributed by atoms with van der Waals surface area (Å²) in [6, 6.07) is 5.40. The zero-order chi connectivity index (χ0) is 17.5. The summed E-state index contributed by atoms with van der Waals surface area (Å²) in [5.74, 6) is -0.856. The topological polar surface area (TPSA) is 60.9 Å². The van der Waals surface area contributed by atoms with Gasteiger partial charge in [-0.05, 0) is 31.5 Å². The summed E-state index contributed by atoms with van der Waals surface area (Å²) < 4.78 is 38.2. The molecule has 2 atom stereocenters. The molecule has 0 aliphatic carbocycles. The molecule has 1 fully saturated rings. The average molecular weight is 342 g/mol. The Balaban J connectivity index is 1.66. The first-order chi connectivity index (χ1) is 11.3. The maximum atomic E-state index is 12.7. The molecule has 0 saturated carbocycles. The Labute approximate surface area is 136 Å². The molecule has 1 saturated heterocycles. The van der Waals surface area contributed by atoms with Crippen molar-refractivity contribution in [2.75, 3.05) is 19.6 Å². The second kappa shape index (κ2) is 6.18. The summed E-state index contributed by atoms with van der Waals surface area (Å²) in [4.78, 5) is 27.0. The summed E-state index contributed by atoms with van der Waals surface area (Å²) in [5, 5.41) is 9.48. The number of nitrogens with zero attached hydrogens (tertiary/aromatic N) is 2. The summed E-state index contributed by atoms with van der Waals surface area (Å²) >= 11 is 0. The van der Waals surface area contributed by atoms with Crippen molar-refractivity contribution in [2.24, 2.45) is 0 Å². The SMILES string of the molecule is O=C1c2ccccc2C(=O)N1CCN1CCC[C@H]1[C@H](O)C(F)(F)F. The van der Waals surface area contributed by atoms with Gasteiger partial charge in [-0.15, -0.1) is 0 Å². The Bertz CT molecular complexity index is 627. The molecule has 0 unspecified atom stereocenters. The molecular weight excluding hydrogens is 325 g/mol. The van der Waals surface area contributed by atoms with Gasteiger partial charge in [0.05, 0.1) is 11.1 Å². The molecule has 0 bridgehead atoms. The van der Waals surface area contributed by atoms with Gasteiger partial charge in [-0.1, -0.05) is 12.1 Å². The Hall–Kier alpha value is -1.93. The van der Waals surface area contributed by atoms with Crippen LogP contribution in [0.2, 0.25) is 0 Å². The van der Waals surface area contributed by atoms with E-state index in [1.54, 1.807) is 24.3 Å². The van der Waals surface area contributed by atoms with Crippen molar-refractivity contribution < 1.29 is 27.9 Å². The minimum Gasteiger partial charge on any atom is -0.382 e. The number of likely N-dealkylation sites (tertiary alicyclic amines) is 1. The molecule has 0 spiro atoms. The summed E-state index contributed by atoms with van der Waals surface area (Å²) in [5.41, 5.74) is 0.631. The van der Waals surface area contributed by atoms with Crippen molar-refractivity contribution in [1.82, 2.24) is 9.80 Å². The summed E-state index contributed by atoms with van der Waals surface area (Å²) in [6.07, 6.45) is -6.31. The van der Waals surface area contributed by atoms with Crippen LogP contribution in [0.4, 0.5) is 13.2 Å². The Morgan fingerprint density at radius 3 is 2.25 bits per heavy atom. The van der Waals surface area contributed by atoms with Gasteiger partial charge < -0.3 is 5.11 Å². The molecule has 8 heteroatoms. The number of benzene rings is 1. The molecule has 130 valence electrons. The molecule has 0 aromatic heterocycles. The lowest BCUT2D eigenvalue weighted by molar-refractivity contribution is -0.219. The second-order valence-electron chi connectivity index (χ2n) is 6.04. The maximum absolute atomic E-state index is 12.7. The number of alkyl halides is 3. The zero-order valence-electron chi connectivity index (χ0n) is 12.8. The molecular formula is C16H17F3N2O3. The fourth-order valence-electron chi connectivity index (χ4n) is 3.38. The minimum absolute atomic E-state index is 0.00736. The van der Waals surface area contributed by atoms with Crippen molar-refractivity contribution in [3.63, 3.8) is 0 Å². The zero-order valence-corrected chi connectivity index (χ0v) is 12.8. The Morgan fingerprint density at radius 2 is 1.71 bits per heavy atom. The van der Waals surface area contributed by atoms with Crippen LogP contribution < -0.4 is 0 Å². The van der Waals surface area contributed by atoms with E-state index < -0.39 is 30.1 Å². The molecule has 2 amide bonds. The van der Waals surface area contributed by atoms with Gasteiger partial charge in [0, 0.05) is 19.1 Å². The van der Waals surface area contributed by atoms with Crippen LogP contribution in [0.1, 0.15) is 33.6 Å². The summed E-state index contributed by atoms with van der Waals surface area (Å²) in [6.45, 7) is 0.525. The van der Waals surface area contributed by atoms with Crippen LogP contribution in [0.3, 0.4) is 0 Å². The van der Waals surface area contributed by atoms with Gasteiger partial charge >= 0.3 is 6.18 Å². The van der Waals surface area contributed by atoms with E-state index in [1.165, 1.54) is 4.90 Å². The van der Waals surface area contributed by atoms with Crippen molar-refractivity contribution >= 4 is 11.8 Å². The largest absolute Gasteiger partial charge is 0.415 e. The fourth-order valence-corrected chi connectivity index (χ4v) is 3.38. The predicted molar refractivity (Wildman–Crippen MR) is 78.5 cm³/mol. The van der Waals surface area contributed by atoms with Gasteiger partial charge in [0.25, 0.3) is 11.8 Å². The van der Waals surface area contributed by atoms with E-state index in [9.17, 15) is 27.9 Å². The van der Waals surface area contributed by atoms with Crippen LogP contribution in [0.5, 0.6) is 0 Å². The molecule has 3 rings (SSSR count). The maximum Gasteiger partial charge on any atom is 0.415 e. The first-order valence-electron chi connectivity index (χ1n) is 7.75. The molecule has 0 radical (unpaired) electrons. The van der Waals surface area contributed by atoms with E-state index in [0.29, 0.717) is 24.1 Å². The number of hydrogen-bond acceptors (Lipinski definition) is 4. The monoisotopic (exact) mass is 342 g/mol. The smallest absolute Gasteiger partial charge is 0.382 e. The van der Waals surface area contributed by atoms with Gasteiger partial charge in [0.1, 0.15) is 0 Å². The quantitative estimate of drug-likeness (QED) is 0.846. The van der Waals surface area contributed by atoms with Gasteiger partial charge in [0.15, 0.2) is 6.10 Å². The molecule has 24 heavy (non-hydrogen) atoms. The number of halogens is 3. The van der Waals surface area contributed by atoms with Gasteiger partial charge in [-0.2, -0.15) is 13.2 Å². The van der Waals surface area contributed by atoms with Gasteiger partial charge in [0.2, 0.25) is 0 Å². The van der Waals surface area contributed by atoms with Crippen LogP contribution in [-0.2, 0) is 0 Å². The van der Waals surface area contributed by atoms with Crippen molar-refractivity contribution in [3.05, 3.63) is 35.4 Å². The van der Waals surface area contributed by atoms with Crippen molar-refractivity contribution in [1.29, 1.82) is 0 Å². The Morgan fingerprint density at radius 1 is 1.12 bits per heavy atom. The highest BCUT2D eigenvalue weighted by Gasteiger charge is 2.47. The lowest BCUT2D eigenvalue weighted by Gasteiger charge is -2.30. The molecule has 1 N–H and O–H groups in total. The molecule has 1 aromatic carbocycles. The third-order valence-corrected chi connectivity index (χ3v) is 4.60. The van der Waals surface area contributed by atoms with Crippen molar-refractivity contribution in [3.8, 4) is 0 Å². The molecule has 2 heterocycles. The summed E-state index contributed by atoms with van der Waals surface area (Å²) in [7, 11) is 0. The molecule has 5 nitrogen and oxygen atoms in total. The lowest BCUT2D eigenvalue weighted by atomic mass is 10.1. The van der Waals surface area contributed by atoms with Crippen LogP contribution in [0, 0.1) is 0 Å². The van der Waals surface area contributed by atoms with E-state index in [1.807, 2.05) is 0 Å². The van der Waals surface area contributed by atoms with Crippen molar-refractivity contribution in [2.45, 2.75) is 31.2 Å². The molecule has 2 aliphatic rings. The van der Waals surface area contributed by atoms with Gasteiger partial charge in [-0.25, -0.2) is 0 Å². The number of carbonyl (C=O) groups excluding carboxylic acids is 2. The molecule has 1 aromatic rings. The number of fused-ring (bicyclic) bond motifs is 1. The first-order valence-corrected chi connectivity index (χ1v) is 7.75. The number of amides is 2. The number of carbonyl (C=O) groups is 2. The normalized spacial score (nSPS) is 23.0.